The van der Waals surface area contributed by atoms with E-state index in [0.717, 1.165) is 11.6 Å². The second-order valence-corrected chi connectivity index (χ2v) is 3.80. The lowest BCUT2D eigenvalue weighted by Gasteiger charge is -2.12. The van der Waals surface area contributed by atoms with Crippen LogP contribution >= 0.6 is 0 Å². The van der Waals surface area contributed by atoms with Crippen LogP contribution in [0.2, 0.25) is 0 Å². The number of nitrogens with zero attached hydrogens (tertiary/aromatic N) is 1. The Morgan fingerprint density at radius 1 is 1.11 bits per heavy atom. The molecule has 1 aromatic heterocycles. The molecular weight excluding hydrogens is 241 g/mol. The fraction of sp³-hybridized carbons (Fsp3) is 0.154. The standard InChI is InChI=1S/C13H11F3N2/c14-13(15,16)11-4-2-1-3-10(11)12-7-9(8-17)5-6-18-12/h1-7H,8,17H2. The molecule has 2 nitrogen and oxygen atoms in total. The van der Waals surface area contributed by atoms with Crippen LogP contribution in [0, 0.1) is 0 Å². The van der Waals surface area contributed by atoms with Gasteiger partial charge in [0, 0.05) is 18.3 Å². The molecule has 0 spiro atoms. The van der Waals surface area contributed by atoms with Crippen LogP contribution in [0.25, 0.3) is 11.3 Å². The summed E-state index contributed by atoms with van der Waals surface area (Å²) in [7, 11) is 0. The van der Waals surface area contributed by atoms with Crippen LogP contribution in [0.1, 0.15) is 11.1 Å². The first kappa shape index (κ1) is 12.6. The van der Waals surface area contributed by atoms with Crippen LogP contribution < -0.4 is 5.73 Å². The number of hydrogen-bond acceptors (Lipinski definition) is 2. The van der Waals surface area contributed by atoms with Gasteiger partial charge >= 0.3 is 6.18 Å². The molecule has 2 rings (SSSR count). The molecule has 1 heterocycles. The second-order valence-electron chi connectivity index (χ2n) is 3.80. The first-order valence-corrected chi connectivity index (χ1v) is 5.34. The molecule has 0 aliphatic carbocycles. The Kier molecular flexibility index (Phi) is 3.34. The summed E-state index contributed by atoms with van der Waals surface area (Å²) in [5, 5.41) is 0. The quantitative estimate of drug-likeness (QED) is 0.891. The van der Waals surface area contributed by atoms with Gasteiger partial charge in [0.25, 0.3) is 0 Å². The van der Waals surface area contributed by atoms with Crippen LogP contribution in [0.15, 0.2) is 42.6 Å². The predicted octanol–water partition coefficient (Wildman–Crippen LogP) is 3.23. The van der Waals surface area contributed by atoms with Gasteiger partial charge in [0.15, 0.2) is 0 Å². The summed E-state index contributed by atoms with van der Waals surface area (Å²) in [6.07, 6.45) is -2.93. The van der Waals surface area contributed by atoms with Gasteiger partial charge in [-0.2, -0.15) is 13.2 Å². The number of nitrogens with two attached hydrogens (primary N) is 1. The minimum atomic E-state index is -4.39. The molecule has 5 heteroatoms. The third-order valence-electron chi connectivity index (χ3n) is 2.57. The van der Waals surface area contributed by atoms with E-state index in [-0.39, 0.29) is 17.8 Å². The Morgan fingerprint density at radius 3 is 2.50 bits per heavy atom. The highest BCUT2D eigenvalue weighted by molar-refractivity contribution is 5.64. The van der Waals surface area contributed by atoms with Crippen molar-refractivity contribution in [1.82, 2.24) is 4.98 Å². The van der Waals surface area contributed by atoms with Crippen LogP contribution in [0.4, 0.5) is 13.2 Å². The SMILES string of the molecule is NCc1ccnc(-c2ccccc2C(F)(F)F)c1. The Morgan fingerprint density at radius 2 is 1.83 bits per heavy atom. The summed E-state index contributed by atoms with van der Waals surface area (Å²) in [6, 6.07) is 8.63. The van der Waals surface area contributed by atoms with Crippen molar-refractivity contribution in [3.8, 4) is 11.3 Å². The lowest BCUT2D eigenvalue weighted by Crippen LogP contribution is -2.07. The Labute approximate surface area is 102 Å². The number of rotatable bonds is 2. The molecule has 94 valence electrons. The van der Waals surface area contributed by atoms with Crippen molar-refractivity contribution in [2.24, 2.45) is 5.73 Å². The molecule has 0 unspecified atom stereocenters. The number of halogens is 3. The van der Waals surface area contributed by atoms with E-state index in [1.807, 2.05) is 0 Å². The number of aromatic nitrogens is 1. The van der Waals surface area contributed by atoms with E-state index in [0.29, 0.717) is 0 Å². The van der Waals surface area contributed by atoms with E-state index in [4.69, 9.17) is 5.73 Å². The maximum absolute atomic E-state index is 12.9. The average Bonchev–Trinajstić information content (AvgIpc) is 2.38. The molecule has 0 bridgehead atoms. The Hall–Kier alpha value is -1.88. The Bertz CT molecular complexity index is 550. The molecule has 1 aromatic carbocycles. The summed E-state index contributed by atoms with van der Waals surface area (Å²) >= 11 is 0. The van der Waals surface area contributed by atoms with E-state index in [1.54, 1.807) is 18.2 Å². The minimum Gasteiger partial charge on any atom is -0.326 e. The first-order valence-electron chi connectivity index (χ1n) is 5.34. The highest BCUT2D eigenvalue weighted by Crippen LogP contribution is 2.36. The molecule has 0 fully saturated rings. The zero-order valence-corrected chi connectivity index (χ0v) is 9.41. The summed E-state index contributed by atoms with van der Waals surface area (Å²) in [4.78, 5) is 3.98. The molecular formula is C13H11F3N2. The minimum absolute atomic E-state index is 0.0697. The summed E-state index contributed by atoms with van der Waals surface area (Å²) < 4.78 is 38.6. The van der Waals surface area contributed by atoms with Crippen molar-refractivity contribution >= 4 is 0 Å². The van der Waals surface area contributed by atoms with E-state index in [2.05, 4.69) is 4.98 Å². The van der Waals surface area contributed by atoms with Gasteiger partial charge in [-0.1, -0.05) is 18.2 Å². The molecule has 0 atom stereocenters. The third-order valence-corrected chi connectivity index (χ3v) is 2.57. The highest BCUT2D eigenvalue weighted by Gasteiger charge is 2.33. The number of pyridine rings is 1. The smallest absolute Gasteiger partial charge is 0.326 e. The molecule has 0 aliphatic rings. The third kappa shape index (κ3) is 2.51. The lowest BCUT2D eigenvalue weighted by atomic mass is 10.0. The van der Waals surface area contributed by atoms with Gasteiger partial charge in [-0.15, -0.1) is 0 Å². The lowest BCUT2D eigenvalue weighted by molar-refractivity contribution is -0.137. The number of alkyl halides is 3. The fourth-order valence-corrected chi connectivity index (χ4v) is 1.70. The van der Waals surface area contributed by atoms with Gasteiger partial charge in [-0.05, 0) is 23.8 Å². The predicted molar refractivity (Wildman–Crippen MR) is 62.6 cm³/mol. The first-order chi connectivity index (χ1) is 8.52. The maximum Gasteiger partial charge on any atom is 0.417 e. The van der Waals surface area contributed by atoms with Gasteiger partial charge < -0.3 is 5.73 Å². The van der Waals surface area contributed by atoms with Crippen LogP contribution in [-0.4, -0.2) is 4.98 Å². The highest BCUT2D eigenvalue weighted by atomic mass is 19.4. The molecule has 0 amide bonds. The van der Waals surface area contributed by atoms with Gasteiger partial charge in [0.2, 0.25) is 0 Å². The van der Waals surface area contributed by atoms with Gasteiger partial charge in [0.1, 0.15) is 0 Å². The van der Waals surface area contributed by atoms with Crippen molar-refractivity contribution < 1.29 is 13.2 Å². The van der Waals surface area contributed by atoms with Gasteiger partial charge in [-0.25, -0.2) is 0 Å². The summed E-state index contributed by atoms with van der Waals surface area (Å²) in [5.41, 5.74) is 5.88. The van der Waals surface area contributed by atoms with Crippen LogP contribution in [0.3, 0.4) is 0 Å². The van der Waals surface area contributed by atoms with Gasteiger partial charge in [0.05, 0.1) is 11.3 Å². The zero-order valence-electron chi connectivity index (χ0n) is 9.41. The fourth-order valence-electron chi connectivity index (χ4n) is 1.70. The molecule has 2 aromatic rings. The van der Waals surface area contributed by atoms with E-state index in [9.17, 15) is 13.2 Å². The van der Waals surface area contributed by atoms with Crippen molar-refractivity contribution in [2.75, 3.05) is 0 Å². The molecule has 0 aliphatic heterocycles. The molecule has 0 radical (unpaired) electrons. The molecule has 18 heavy (non-hydrogen) atoms. The van der Waals surface area contributed by atoms with Crippen LogP contribution in [-0.2, 0) is 12.7 Å². The van der Waals surface area contributed by atoms with Crippen molar-refractivity contribution in [3.63, 3.8) is 0 Å². The van der Waals surface area contributed by atoms with Crippen LogP contribution in [0.5, 0.6) is 0 Å². The topological polar surface area (TPSA) is 38.9 Å². The number of hydrogen-bond donors (Lipinski definition) is 1. The molecule has 2 N–H and O–H groups in total. The molecule has 0 saturated heterocycles. The van der Waals surface area contributed by atoms with Gasteiger partial charge in [-0.3, -0.25) is 4.98 Å². The second kappa shape index (κ2) is 4.78. The number of benzene rings is 1. The largest absolute Gasteiger partial charge is 0.417 e. The van der Waals surface area contributed by atoms with E-state index in [1.165, 1.54) is 18.3 Å². The van der Waals surface area contributed by atoms with Crippen molar-refractivity contribution in [1.29, 1.82) is 0 Å². The molecule has 0 saturated carbocycles. The summed E-state index contributed by atoms with van der Waals surface area (Å²) in [5.74, 6) is 0. The van der Waals surface area contributed by atoms with E-state index >= 15 is 0 Å². The monoisotopic (exact) mass is 252 g/mol. The zero-order chi connectivity index (χ0) is 13.2. The maximum atomic E-state index is 12.9. The average molecular weight is 252 g/mol. The van der Waals surface area contributed by atoms with Crippen molar-refractivity contribution in [2.45, 2.75) is 12.7 Å². The van der Waals surface area contributed by atoms with E-state index < -0.39 is 11.7 Å². The normalized spacial score (nSPS) is 11.6. The van der Waals surface area contributed by atoms with Crippen molar-refractivity contribution in [3.05, 3.63) is 53.7 Å². The summed E-state index contributed by atoms with van der Waals surface area (Å²) in [6.45, 7) is 0.268. The Balaban J connectivity index is 2.57.